The number of ether oxygens (including phenoxy) is 3. The molecule has 1 aliphatic carbocycles. The van der Waals surface area contributed by atoms with Crippen LogP contribution in [0.25, 0.3) is 0 Å². The summed E-state index contributed by atoms with van der Waals surface area (Å²) in [6, 6.07) is 13.8. The second-order valence-electron chi connectivity index (χ2n) is 10.9. The van der Waals surface area contributed by atoms with Crippen molar-refractivity contribution >= 4 is 23.2 Å². The summed E-state index contributed by atoms with van der Waals surface area (Å²) in [6.45, 7) is 8.79. The first-order valence-corrected chi connectivity index (χ1v) is 13.1. The SMILES string of the molecule is COc1ccc(Nc2nc(N3CCN(Cc4ccc5c(c4)OCO5)CC3)nc3c2C(=O)CC(C)(C)C3)cc1. The fourth-order valence-electron chi connectivity index (χ4n) is 5.40. The summed E-state index contributed by atoms with van der Waals surface area (Å²) in [5.74, 6) is 3.75. The molecule has 2 aromatic carbocycles. The topological polar surface area (TPSA) is 89.1 Å². The van der Waals surface area contributed by atoms with E-state index >= 15 is 0 Å². The average molecular weight is 516 g/mol. The fraction of sp³-hybridized carbons (Fsp3) is 0.414. The van der Waals surface area contributed by atoms with Crippen LogP contribution in [0, 0.1) is 5.41 Å². The Labute approximate surface area is 222 Å². The minimum Gasteiger partial charge on any atom is -0.497 e. The summed E-state index contributed by atoms with van der Waals surface area (Å²) in [5, 5.41) is 3.40. The minimum atomic E-state index is -0.129. The third-order valence-electron chi connectivity index (χ3n) is 7.39. The zero-order valence-electron chi connectivity index (χ0n) is 22.1. The molecule has 9 nitrogen and oxygen atoms in total. The lowest BCUT2D eigenvalue weighted by Crippen LogP contribution is -2.46. The number of hydrogen-bond acceptors (Lipinski definition) is 9. The van der Waals surface area contributed by atoms with Crippen LogP contribution >= 0.6 is 0 Å². The third-order valence-corrected chi connectivity index (χ3v) is 7.39. The number of benzene rings is 2. The Hall–Kier alpha value is -3.85. The number of nitrogens with one attached hydrogen (secondary N) is 1. The monoisotopic (exact) mass is 515 g/mol. The van der Waals surface area contributed by atoms with E-state index in [0.717, 1.165) is 67.8 Å². The molecule has 3 aromatic rings. The van der Waals surface area contributed by atoms with Gasteiger partial charge in [0.2, 0.25) is 12.7 Å². The number of nitrogens with zero attached hydrogens (tertiary/aromatic N) is 4. The van der Waals surface area contributed by atoms with Crippen LogP contribution in [0.15, 0.2) is 42.5 Å². The average Bonchev–Trinajstić information content (AvgIpc) is 3.36. The van der Waals surface area contributed by atoms with E-state index in [0.29, 0.717) is 23.8 Å². The molecule has 38 heavy (non-hydrogen) atoms. The van der Waals surface area contributed by atoms with Gasteiger partial charge in [0.1, 0.15) is 11.6 Å². The highest BCUT2D eigenvalue weighted by Crippen LogP contribution is 2.38. The Kier molecular flexibility index (Phi) is 6.31. The number of hydrogen-bond donors (Lipinski definition) is 1. The number of carbonyl (C=O) groups is 1. The van der Waals surface area contributed by atoms with Gasteiger partial charge in [-0.05, 0) is 53.8 Å². The first kappa shape index (κ1) is 24.5. The normalized spacial score (nSPS) is 18.3. The van der Waals surface area contributed by atoms with Crippen LogP contribution in [0.4, 0.5) is 17.5 Å². The highest BCUT2D eigenvalue weighted by molar-refractivity contribution is 6.03. The molecule has 0 amide bonds. The molecule has 0 radical (unpaired) electrons. The van der Waals surface area contributed by atoms with Crippen molar-refractivity contribution in [3.05, 3.63) is 59.3 Å². The van der Waals surface area contributed by atoms with E-state index in [2.05, 4.69) is 41.1 Å². The second kappa shape index (κ2) is 9.79. The molecular formula is C29H33N5O4. The lowest BCUT2D eigenvalue weighted by molar-refractivity contribution is 0.0911. The van der Waals surface area contributed by atoms with Crippen molar-refractivity contribution in [2.24, 2.45) is 5.41 Å². The van der Waals surface area contributed by atoms with E-state index in [9.17, 15) is 4.79 Å². The van der Waals surface area contributed by atoms with Crippen molar-refractivity contribution in [2.75, 3.05) is 50.3 Å². The quantitative estimate of drug-likeness (QED) is 0.512. The minimum absolute atomic E-state index is 0.0901. The first-order valence-electron chi connectivity index (χ1n) is 13.1. The van der Waals surface area contributed by atoms with Crippen molar-refractivity contribution in [1.82, 2.24) is 14.9 Å². The molecule has 0 atom stereocenters. The molecule has 1 fully saturated rings. The maximum absolute atomic E-state index is 13.2. The Morgan fingerprint density at radius 3 is 2.50 bits per heavy atom. The maximum Gasteiger partial charge on any atom is 0.231 e. The van der Waals surface area contributed by atoms with Crippen molar-refractivity contribution < 1.29 is 19.0 Å². The lowest BCUT2D eigenvalue weighted by Gasteiger charge is -2.36. The highest BCUT2D eigenvalue weighted by atomic mass is 16.7. The molecule has 0 bridgehead atoms. The number of Topliss-reactive ketones (excluding diaryl/α,β-unsaturated/α-hetero) is 1. The molecule has 0 unspecified atom stereocenters. The van der Waals surface area contributed by atoms with Gasteiger partial charge in [-0.25, -0.2) is 4.98 Å². The Bertz CT molecular complexity index is 1350. The molecule has 1 N–H and O–H groups in total. The van der Waals surface area contributed by atoms with Crippen LogP contribution < -0.4 is 24.4 Å². The number of ketones is 1. The van der Waals surface area contributed by atoms with Gasteiger partial charge in [0, 0.05) is 44.8 Å². The van der Waals surface area contributed by atoms with Gasteiger partial charge in [0.15, 0.2) is 17.3 Å². The fourth-order valence-corrected chi connectivity index (χ4v) is 5.40. The van der Waals surface area contributed by atoms with E-state index in [1.165, 1.54) is 5.56 Å². The molecule has 198 valence electrons. The molecule has 3 heterocycles. The van der Waals surface area contributed by atoms with Crippen LogP contribution in [0.1, 0.15) is 41.9 Å². The van der Waals surface area contributed by atoms with E-state index < -0.39 is 0 Å². The van der Waals surface area contributed by atoms with Crippen molar-refractivity contribution in [1.29, 1.82) is 0 Å². The molecule has 1 aromatic heterocycles. The molecule has 6 rings (SSSR count). The predicted octanol–water partition coefficient (Wildman–Crippen LogP) is 4.43. The zero-order valence-corrected chi connectivity index (χ0v) is 22.1. The van der Waals surface area contributed by atoms with E-state index in [4.69, 9.17) is 24.2 Å². The highest BCUT2D eigenvalue weighted by Gasteiger charge is 2.35. The summed E-state index contributed by atoms with van der Waals surface area (Å²) < 4.78 is 16.3. The standard InChI is InChI=1S/C29H33N5O4/c1-29(2)15-22-26(23(35)16-29)27(30-20-5-7-21(36-3)8-6-20)32-28(31-22)34-12-10-33(11-13-34)17-19-4-9-24-25(14-19)38-18-37-24/h4-9,14H,10-13,15-18H2,1-3H3,(H,30,31,32). The van der Waals surface area contributed by atoms with Gasteiger partial charge in [0.05, 0.1) is 18.4 Å². The molecule has 0 spiro atoms. The number of aromatic nitrogens is 2. The molecule has 0 saturated carbocycles. The summed E-state index contributed by atoms with van der Waals surface area (Å²) in [6.07, 6.45) is 1.23. The molecule has 9 heteroatoms. The van der Waals surface area contributed by atoms with Crippen molar-refractivity contribution in [3.8, 4) is 17.2 Å². The van der Waals surface area contributed by atoms with Crippen LogP contribution in [0.3, 0.4) is 0 Å². The van der Waals surface area contributed by atoms with Crippen molar-refractivity contribution in [3.63, 3.8) is 0 Å². The van der Waals surface area contributed by atoms with E-state index in [-0.39, 0.29) is 18.0 Å². The lowest BCUT2D eigenvalue weighted by atomic mass is 9.75. The summed E-state index contributed by atoms with van der Waals surface area (Å²) in [5.41, 5.74) is 3.37. The van der Waals surface area contributed by atoms with E-state index in [1.807, 2.05) is 30.3 Å². The van der Waals surface area contributed by atoms with Crippen molar-refractivity contribution in [2.45, 2.75) is 33.2 Å². The van der Waals surface area contributed by atoms with Crippen LogP contribution in [-0.4, -0.2) is 60.7 Å². The van der Waals surface area contributed by atoms with Gasteiger partial charge >= 0.3 is 0 Å². The first-order chi connectivity index (χ1) is 18.4. The Balaban J connectivity index is 1.21. The third kappa shape index (κ3) is 4.98. The summed E-state index contributed by atoms with van der Waals surface area (Å²) >= 11 is 0. The van der Waals surface area contributed by atoms with Gasteiger partial charge in [-0.2, -0.15) is 4.98 Å². The summed E-state index contributed by atoms with van der Waals surface area (Å²) in [4.78, 5) is 27.7. The molecular weight excluding hydrogens is 482 g/mol. The maximum atomic E-state index is 13.2. The number of anilines is 3. The molecule has 3 aliphatic rings. The van der Waals surface area contributed by atoms with Gasteiger partial charge < -0.3 is 24.4 Å². The number of rotatable bonds is 6. The smallest absolute Gasteiger partial charge is 0.231 e. The Morgan fingerprint density at radius 1 is 0.974 bits per heavy atom. The van der Waals surface area contributed by atoms with Gasteiger partial charge in [-0.15, -0.1) is 0 Å². The van der Waals surface area contributed by atoms with Crippen LogP contribution in [0.2, 0.25) is 0 Å². The summed E-state index contributed by atoms with van der Waals surface area (Å²) in [7, 11) is 1.64. The molecule has 1 saturated heterocycles. The van der Waals surface area contributed by atoms with Gasteiger partial charge in [-0.3, -0.25) is 9.69 Å². The van der Waals surface area contributed by atoms with Crippen LogP contribution in [-0.2, 0) is 13.0 Å². The number of carbonyl (C=O) groups excluding carboxylic acids is 1. The van der Waals surface area contributed by atoms with Gasteiger partial charge in [0.25, 0.3) is 0 Å². The Morgan fingerprint density at radius 2 is 1.74 bits per heavy atom. The van der Waals surface area contributed by atoms with Gasteiger partial charge in [-0.1, -0.05) is 19.9 Å². The number of fused-ring (bicyclic) bond motifs is 2. The van der Waals surface area contributed by atoms with E-state index in [1.54, 1.807) is 7.11 Å². The number of methoxy groups -OCH3 is 1. The van der Waals surface area contributed by atoms with Crippen LogP contribution in [0.5, 0.6) is 17.2 Å². The largest absolute Gasteiger partial charge is 0.497 e. The predicted molar refractivity (Wildman–Crippen MR) is 145 cm³/mol. The number of piperazine rings is 1. The zero-order chi connectivity index (χ0) is 26.3. The second-order valence-corrected chi connectivity index (χ2v) is 10.9. The molecule has 2 aliphatic heterocycles.